The van der Waals surface area contributed by atoms with Crippen LogP contribution < -0.4 is 5.32 Å². The Kier molecular flexibility index (Phi) is 5.28. The summed E-state index contributed by atoms with van der Waals surface area (Å²) in [6.45, 7) is -0.899. The molecule has 0 spiro atoms. The van der Waals surface area contributed by atoms with E-state index in [1.165, 1.54) is 6.92 Å². The third-order valence-electron chi connectivity index (χ3n) is 1.87. The second-order valence-electron chi connectivity index (χ2n) is 3.61. The zero-order valence-corrected chi connectivity index (χ0v) is 12.1. The van der Waals surface area contributed by atoms with E-state index >= 15 is 0 Å². The summed E-state index contributed by atoms with van der Waals surface area (Å²) in [7, 11) is -4.44. The number of amides is 1. The first-order valence-corrected chi connectivity index (χ1v) is 7.43. The van der Waals surface area contributed by atoms with Gasteiger partial charge in [0, 0.05) is 6.92 Å². The molecule has 1 heterocycles. The van der Waals surface area contributed by atoms with Crippen LogP contribution in [-0.2, 0) is 24.4 Å². The van der Waals surface area contributed by atoms with Gasteiger partial charge >= 0.3 is 11.9 Å². The van der Waals surface area contributed by atoms with Crippen LogP contribution in [0.4, 0.5) is 5.13 Å². The zero-order valence-electron chi connectivity index (χ0n) is 10.5. The Morgan fingerprint density at radius 3 is 2.14 bits per heavy atom. The monoisotopic (exact) mass is 338 g/mol. The van der Waals surface area contributed by atoms with Crippen molar-refractivity contribution in [2.45, 2.75) is 11.3 Å². The maximum absolute atomic E-state index is 12.1. The van der Waals surface area contributed by atoms with Crippen molar-refractivity contribution in [3.8, 4) is 0 Å². The van der Waals surface area contributed by atoms with E-state index in [-0.39, 0.29) is 9.44 Å². The molecule has 1 amide bonds. The Bertz CT molecular complexity index is 652. The lowest BCUT2D eigenvalue weighted by molar-refractivity contribution is -0.139. The van der Waals surface area contributed by atoms with Crippen molar-refractivity contribution in [2.75, 3.05) is 18.4 Å². The maximum atomic E-state index is 12.1. The van der Waals surface area contributed by atoms with E-state index < -0.39 is 45.3 Å². The van der Waals surface area contributed by atoms with Gasteiger partial charge in [-0.2, -0.15) is 4.31 Å². The first kappa shape index (κ1) is 16.9. The number of carboxylic acid groups (broad SMARTS) is 2. The summed E-state index contributed by atoms with van der Waals surface area (Å²) in [6, 6.07) is 0. The van der Waals surface area contributed by atoms with Crippen molar-refractivity contribution in [3.05, 3.63) is 0 Å². The predicted molar refractivity (Wildman–Crippen MR) is 68.2 cm³/mol. The van der Waals surface area contributed by atoms with Crippen molar-refractivity contribution in [3.63, 3.8) is 0 Å². The van der Waals surface area contributed by atoms with Crippen molar-refractivity contribution < 1.29 is 33.0 Å². The maximum Gasteiger partial charge on any atom is 0.318 e. The van der Waals surface area contributed by atoms with Gasteiger partial charge < -0.3 is 15.5 Å². The summed E-state index contributed by atoms with van der Waals surface area (Å²) in [5.41, 5.74) is 0. The van der Waals surface area contributed by atoms with Crippen LogP contribution in [-0.4, -0.2) is 64.1 Å². The minimum atomic E-state index is -4.44. The first-order chi connectivity index (χ1) is 9.62. The Balaban J connectivity index is 3.09. The van der Waals surface area contributed by atoms with Gasteiger partial charge in [-0.3, -0.25) is 14.4 Å². The summed E-state index contributed by atoms with van der Waals surface area (Å²) in [5.74, 6) is -3.54. The average Bonchev–Trinajstić information content (AvgIpc) is 2.75. The molecule has 0 fully saturated rings. The summed E-state index contributed by atoms with van der Waals surface area (Å²) in [4.78, 5) is 32.1. The number of nitrogens with zero attached hydrogens (tertiary/aromatic N) is 3. The van der Waals surface area contributed by atoms with Crippen LogP contribution in [0.1, 0.15) is 6.92 Å². The van der Waals surface area contributed by atoms with E-state index in [0.717, 1.165) is 0 Å². The van der Waals surface area contributed by atoms with Crippen LogP contribution in [0.5, 0.6) is 0 Å². The topological polar surface area (TPSA) is 167 Å². The fourth-order valence-electron chi connectivity index (χ4n) is 1.15. The number of carbonyl (C=O) groups excluding carboxylic acids is 1. The highest BCUT2D eigenvalue weighted by Gasteiger charge is 2.32. The molecule has 1 aromatic heterocycles. The van der Waals surface area contributed by atoms with Crippen LogP contribution in [0.25, 0.3) is 0 Å². The Morgan fingerprint density at radius 1 is 1.19 bits per heavy atom. The molecule has 3 N–H and O–H groups in total. The van der Waals surface area contributed by atoms with Crippen molar-refractivity contribution in [1.82, 2.24) is 14.5 Å². The zero-order chi connectivity index (χ0) is 16.2. The average molecular weight is 338 g/mol. The number of carbonyl (C=O) groups is 3. The lowest BCUT2D eigenvalue weighted by atomic mass is 10.6. The standard InChI is InChI=1S/C8H10N4O7S2/c1-4(13)9-7-10-11-8(20-7)21(18,19)12(2-5(14)15)3-6(16)17/h2-3H2,1H3,(H,14,15)(H,16,17)(H,9,10,13). The van der Waals surface area contributed by atoms with Gasteiger partial charge in [-0.25, -0.2) is 8.42 Å². The number of rotatable bonds is 7. The fraction of sp³-hybridized carbons (Fsp3) is 0.375. The number of aliphatic carboxylic acids is 2. The molecule has 0 aliphatic carbocycles. The minimum absolute atomic E-state index is 0.105. The van der Waals surface area contributed by atoms with Gasteiger partial charge in [-0.15, -0.1) is 10.2 Å². The van der Waals surface area contributed by atoms with Gasteiger partial charge in [0.1, 0.15) is 13.1 Å². The van der Waals surface area contributed by atoms with Crippen molar-refractivity contribution in [2.24, 2.45) is 0 Å². The predicted octanol–water partition coefficient (Wildman–Crippen LogP) is -1.34. The molecule has 0 radical (unpaired) electrons. The number of sulfonamides is 1. The summed E-state index contributed by atoms with van der Waals surface area (Å²) in [5, 5.41) is 26.1. The second-order valence-corrected chi connectivity index (χ2v) is 6.70. The van der Waals surface area contributed by atoms with E-state index in [1.807, 2.05) is 0 Å². The fourth-order valence-corrected chi connectivity index (χ4v) is 3.58. The van der Waals surface area contributed by atoms with Crippen LogP contribution in [0.15, 0.2) is 4.34 Å². The Hall–Kier alpha value is -2.12. The van der Waals surface area contributed by atoms with Crippen molar-refractivity contribution >= 4 is 44.3 Å². The highest BCUT2D eigenvalue weighted by molar-refractivity contribution is 7.91. The molecular formula is C8H10N4O7S2. The largest absolute Gasteiger partial charge is 0.480 e. The number of nitrogens with one attached hydrogen (secondary N) is 1. The van der Waals surface area contributed by atoms with E-state index in [0.29, 0.717) is 11.3 Å². The highest BCUT2D eigenvalue weighted by Crippen LogP contribution is 2.23. The number of aromatic nitrogens is 2. The molecule has 0 aliphatic heterocycles. The summed E-state index contributed by atoms with van der Waals surface area (Å²) in [6.07, 6.45) is 0. The number of hydrogen-bond donors (Lipinski definition) is 3. The first-order valence-electron chi connectivity index (χ1n) is 5.17. The summed E-state index contributed by atoms with van der Waals surface area (Å²) >= 11 is 0.481. The molecule has 0 aromatic carbocycles. The Morgan fingerprint density at radius 2 is 1.71 bits per heavy atom. The number of carboxylic acids is 2. The molecule has 1 aromatic rings. The van der Waals surface area contributed by atoms with Crippen LogP contribution in [0.3, 0.4) is 0 Å². The van der Waals surface area contributed by atoms with Gasteiger partial charge in [0.25, 0.3) is 10.0 Å². The van der Waals surface area contributed by atoms with E-state index in [2.05, 4.69) is 15.5 Å². The molecular weight excluding hydrogens is 328 g/mol. The smallest absolute Gasteiger partial charge is 0.318 e. The molecule has 0 atom stereocenters. The van der Waals surface area contributed by atoms with Crippen LogP contribution in [0, 0.1) is 0 Å². The van der Waals surface area contributed by atoms with Gasteiger partial charge in [-0.1, -0.05) is 11.3 Å². The molecule has 116 valence electrons. The molecule has 11 nitrogen and oxygen atoms in total. The van der Waals surface area contributed by atoms with E-state index in [1.54, 1.807) is 0 Å². The molecule has 0 unspecified atom stereocenters. The Labute approximate surface area is 122 Å². The number of anilines is 1. The summed E-state index contributed by atoms with van der Waals surface area (Å²) < 4.78 is 23.8. The van der Waals surface area contributed by atoms with Crippen LogP contribution in [0.2, 0.25) is 0 Å². The SMILES string of the molecule is CC(=O)Nc1nnc(S(=O)(=O)N(CC(=O)O)CC(=O)O)s1. The lowest BCUT2D eigenvalue weighted by Crippen LogP contribution is -2.39. The van der Waals surface area contributed by atoms with Gasteiger partial charge in [0.05, 0.1) is 0 Å². The van der Waals surface area contributed by atoms with Crippen LogP contribution >= 0.6 is 11.3 Å². The lowest BCUT2D eigenvalue weighted by Gasteiger charge is -2.15. The van der Waals surface area contributed by atoms with Gasteiger partial charge in [-0.05, 0) is 0 Å². The normalized spacial score (nSPS) is 11.3. The quantitative estimate of drug-likeness (QED) is 0.509. The molecule has 0 saturated heterocycles. The minimum Gasteiger partial charge on any atom is -0.480 e. The van der Waals surface area contributed by atoms with Gasteiger partial charge in [0.2, 0.25) is 15.4 Å². The van der Waals surface area contributed by atoms with Crippen molar-refractivity contribution in [1.29, 1.82) is 0 Å². The van der Waals surface area contributed by atoms with E-state index in [9.17, 15) is 22.8 Å². The highest BCUT2D eigenvalue weighted by atomic mass is 32.2. The second kappa shape index (κ2) is 6.55. The van der Waals surface area contributed by atoms with Gasteiger partial charge in [0.15, 0.2) is 0 Å². The van der Waals surface area contributed by atoms with E-state index in [4.69, 9.17) is 10.2 Å². The molecule has 1 rings (SSSR count). The third kappa shape index (κ3) is 4.73. The molecule has 0 saturated carbocycles. The molecule has 13 heteroatoms. The number of hydrogen-bond acceptors (Lipinski definition) is 8. The third-order valence-corrected chi connectivity index (χ3v) is 4.85. The molecule has 0 aliphatic rings. The molecule has 21 heavy (non-hydrogen) atoms. The molecule has 0 bridgehead atoms.